The zero-order valence-electron chi connectivity index (χ0n) is 16.5. The number of carbonyl (C=O) groups excluding carboxylic acids is 2. The molecule has 2 aromatic carbocycles. The molecule has 0 radical (unpaired) electrons. The van der Waals surface area contributed by atoms with Gasteiger partial charge in [-0.05, 0) is 47.4 Å². The van der Waals surface area contributed by atoms with Gasteiger partial charge < -0.3 is 15.5 Å². The van der Waals surface area contributed by atoms with Gasteiger partial charge in [0, 0.05) is 41.8 Å². The molecule has 6 heteroatoms. The van der Waals surface area contributed by atoms with Crippen molar-refractivity contribution in [2.45, 2.75) is 32.6 Å². The first kappa shape index (κ1) is 20.2. The Morgan fingerprint density at radius 1 is 1.11 bits per heavy atom. The van der Waals surface area contributed by atoms with E-state index < -0.39 is 0 Å². The van der Waals surface area contributed by atoms with Gasteiger partial charge in [-0.2, -0.15) is 0 Å². The molecule has 0 bridgehead atoms. The number of hydrogen-bond acceptors (Lipinski definition) is 2. The van der Waals surface area contributed by atoms with E-state index >= 15 is 0 Å². The maximum absolute atomic E-state index is 12.3. The van der Waals surface area contributed by atoms with Crippen LogP contribution in [-0.2, 0) is 10.2 Å². The monoisotopic (exact) mass is 399 g/mol. The fraction of sp³-hybridized carbons (Fsp3) is 0.364. The fourth-order valence-electron chi connectivity index (χ4n) is 3.25. The van der Waals surface area contributed by atoms with E-state index in [1.165, 1.54) is 5.56 Å². The Balaban J connectivity index is 1.50. The number of halogens is 1. The Morgan fingerprint density at radius 3 is 2.36 bits per heavy atom. The molecule has 28 heavy (non-hydrogen) atoms. The minimum atomic E-state index is -0.263. The molecular formula is C22H26ClN3O2. The molecule has 2 aromatic rings. The van der Waals surface area contributed by atoms with Gasteiger partial charge in [0.05, 0.1) is 0 Å². The smallest absolute Gasteiger partial charge is 0.319 e. The van der Waals surface area contributed by atoms with Crippen LogP contribution in [0.4, 0.5) is 16.2 Å². The van der Waals surface area contributed by atoms with Gasteiger partial charge in [-0.15, -0.1) is 0 Å². The summed E-state index contributed by atoms with van der Waals surface area (Å²) in [7, 11) is 0. The summed E-state index contributed by atoms with van der Waals surface area (Å²) in [6, 6.07) is 14.8. The molecule has 0 aromatic heterocycles. The van der Waals surface area contributed by atoms with Gasteiger partial charge in [-0.1, -0.05) is 44.5 Å². The third kappa shape index (κ3) is 5.04. The molecule has 148 valence electrons. The minimum Gasteiger partial charge on any atom is -0.338 e. The molecule has 2 N–H and O–H groups in total. The number of rotatable bonds is 4. The Morgan fingerprint density at radius 2 is 1.75 bits per heavy atom. The molecule has 1 aliphatic heterocycles. The van der Waals surface area contributed by atoms with Crippen LogP contribution in [0, 0.1) is 5.92 Å². The maximum atomic E-state index is 12.3. The highest BCUT2D eigenvalue weighted by molar-refractivity contribution is 6.30. The zero-order valence-corrected chi connectivity index (χ0v) is 17.2. The highest BCUT2D eigenvalue weighted by atomic mass is 35.5. The van der Waals surface area contributed by atoms with Gasteiger partial charge >= 0.3 is 6.03 Å². The molecular weight excluding hydrogens is 374 g/mol. The van der Waals surface area contributed by atoms with E-state index in [9.17, 15) is 9.59 Å². The van der Waals surface area contributed by atoms with Crippen LogP contribution in [0.25, 0.3) is 0 Å². The average molecular weight is 400 g/mol. The number of nitrogens with zero attached hydrogens (tertiary/aromatic N) is 1. The summed E-state index contributed by atoms with van der Waals surface area (Å²) in [6.45, 7) is 7.48. The van der Waals surface area contributed by atoms with Crippen molar-refractivity contribution in [3.63, 3.8) is 0 Å². The largest absolute Gasteiger partial charge is 0.338 e. The molecule has 1 aliphatic rings. The van der Waals surface area contributed by atoms with E-state index in [1.54, 1.807) is 17.0 Å². The van der Waals surface area contributed by atoms with Gasteiger partial charge in [0.15, 0.2) is 0 Å². The second-order valence-corrected chi connectivity index (χ2v) is 8.65. The molecule has 3 amide bonds. The predicted octanol–water partition coefficient (Wildman–Crippen LogP) is 4.81. The van der Waals surface area contributed by atoms with Crippen molar-refractivity contribution in [2.75, 3.05) is 23.3 Å². The SMILES string of the molecule is CC(C)(C)c1ccc(NC(=O)NC[C@H]2CC(=O)N(c3ccc(Cl)cc3)C2)cc1. The van der Waals surface area contributed by atoms with Crippen molar-refractivity contribution in [3.8, 4) is 0 Å². The van der Waals surface area contributed by atoms with Crippen molar-refractivity contribution >= 4 is 34.9 Å². The van der Waals surface area contributed by atoms with Crippen LogP contribution in [0.1, 0.15) is 32.8 Å². The number of amides is 3. The van der Waals surface area contributed by atoms with E-state index in [0.29, 0.717) is 24.5 Å². The van der Waals surface area contributed by atoms with Crippen LogP contribution in [0.3, 0.4) is 0 Å². The summed E-state index contributed by atoms with van der Waals surface area (Å²) >= 11 is 5.91. The molecule has 0 saturated carbocycles. The lowest BCUT2D eigenvalue weighted by Crippen LogP contribution is -2.34. The molecule has 0 aliphatic carbocycles. The third-order valence-corrected chi connectivity index (χ3v) is 5.16. The summed E-state index contributed by atoms with van der Waals surface area (Å²) in [6.07, 6.45) is 0.420. The summed E-state index contributed by atoms with van der Waals surface area (Å²) in [4.78, 5) is 26.2. The highest BCUT2D eigenvalue weighted by Gasteiger charge is 2.30. The molecule has 3 rings (SSSR count). The Hall–Kier alpha value is -2.53. The summed E-state index contributed by atoms with van der Waals surface area (Å²) in [5.41, 5.74) is 2.87. The molecule has 0 spiro atoms. The van der Waals surface area contributed by atoms with Gasteiger partial charge in [-0.3, -0.25) is 4.79 Å². The summed E-state index contributed by atoms with van der Waals surface area (Å²) in [5.74, 6) is 0.143. The van der Waals surface area contributed by atoms with Crippen LogP contribution >= 0.6 is 11.6 Å². The normalized spacial score (nSPS) is 16.9. The third-order valence-electron chi connectivity index (χ3n) is 4.90. The Labute approximate surface area is 171 Å². The Kier molecular flexibility index (Phi) is 5.94. The molecule has 1 fully saturated rings. The first-order chi connectivity index (χ1) is 13.2. The number of carbonyl (C=O) groups is 2. The van der Waals surface area contributed by atoms with Gasteiger partial charge in [0.1, 0.15) is 0 Å². The topological polar surface area (TPSA) is 61.4 Å². The molecule has 1 heterocycles. The zero-order chi connectivity index (χ0) is 20.3. The van der Waals surface area contributed by atoms with Crippen LogP contribution < -0.4 is 15.5 Å². The van der Waals surface area contributed by atoms with Gasteiger partial charge in [0.25, 0.3) is 0 Å². The van der Waals surface area contributed by atoms with Crippen LogP contribution in [0.15, 0.2) is 48.5 Å². The lowest BCUT2D eigenvalue weighted by Gasteiger charge is -2.19. The van der Waals surface area contributed by atoms with E-state index in [4.69, 9.17) is 11.6 Å². The van der Waals surface area contributed by atoms with Crippen molar-refractivity contribution in [2.24, 2.45) is 5.92 Å². The van der Waals surface area contributed by atoms with Crippen molar-refractivity contribution < 1.29 is 9.59 Å². The number of hydrogen-bond donors (Lipinski definition) is 2. The Bertz CT molecular complexity index is 842. The first-order valence-corrected chi connectivity index (χ1v) is 9.81. The van der Waals surface area contributed by atoms with E-state index in [-0.39, 0.29) is 23.3 Å². The minimum absolute atomic E-state index is 0.0623. The second-order valence-electron chi connectivity index (χ2n) is 8.21. The number of nitrogens with one attached hydrogen (secondary N) is 2. The number of urea groups is 1. The summed E-state index contributed by atoms with van der Waals surface area (Å²) < 4.78 is 0. The molecule has 5 nitrogen and oxygen atoms in total. The second kappa shape index (κ2) is 8.23. The average Bonchev–Trinajstić information content (AvgIpc) is 3.01. The quantitative estimate of drug-likeness (QED) is 0.774. The predicted molar refractivity (Wildman–Crippen MR) is 114 cm³/mol. The van der Waals surface area contributed by atoms with Crippen LogP contribution in [-0.4, -0.2) is 25.0 Å². The lowest BCUT2D eigenvalue weighted by atomic mass is 9.87. The highest BCUT2D eigenvalue weighted by Crippen LogP contribution is 2.26. The van der Waals surface area contributed by atoms with Crippen LogP contribution in [0.2, 0.25) is 5.02 Å². The first-order valence-electron chi connectivity index (χ1n) is 9.44. The maximum Gasteiger partial charge on any atom is 0.319 e. The van der Waals surface area contributed by atoms with Crippen molar-refractivity contribution in [1.29, 1.82) is 0 Å². The number of anilines is 2. The number of benzene rings is 2. The molecule has 1 atom stereocenters. The standard InChI is InChI=1S/C22H26ClN3O2/c1-22(2,3)16-4-8-18(9-5-16)25-21(28)24-13-15-12-20(27)26(14-15)19-10-6-17(23)7-11-19/h4-11,15H,12-14H2,1-3H3,(H2,24,25,28)/t15-/m1/s1. The molecule has 0 unspecified atom stereocenters. The summed E-state index contributed by atoms with van der Waals surface area (Å²) in [5, 5.41) is 6.35. The molecule has 1 saturated heterocycles. The van der Waals surface area contributed by atoms with E-state index in [1.807, 2.05) is 36.4 Å². The van der Waals surface area contributed by atoms with Gasteiger partial charge in [0.2, 0.25) is 5.91 Å². The van der Waals surface area contributed by atoms with E-state index in [2.05, 4.69) is 31.4 Å². The van der Waals surface area contributed by atoms with E-state index in [0.717, 1.165) is 11.4 Å². The lowest BCUT2D eigenvalue weighted by molar-refractivity contribution is -0.117. The fourth-order valence-corrected chi connectivity index (χ4v) is 3.38. The van der Waals surface area contributed by atoms with Crippen molar-refractivity contribution in [3.05, 3.63) is 59.1 Å². The van der Waals surface area contributed by atoms with Crippen LogP contribution in [0.5, 0.6) is 0 Å². The van der Waals surface area contributed by atoms with Gasteiger partial charge in [-0.25, -0.2) is 4.79 Å². The van der Waals surface area contributed by atoms with Crippen molar-refractivity contribution in [1.82, 2.24) is 5.32 Å².